The molecular formula is C12H14NO5S-. The van der Waals surface area contributed by atoms with Gasteiger partial charge in [0.2, 0.25) is 0 Å². The lowest BCUT2D eigenvalue weighted by atomic mass is 10.0. The number of rotatable bonds is 7. The van der Waals surface area contributed by atoms with Gasteiger partial charge in [-0.05, 0) is 6.42 Å². The normalized spacial score (nSPS) is 13.9. The smallest absolute Gasteiger partial charge is 0.308 e. The van der Waals surface area contributed by atoms with Gasteiger partial charge in [-0.3, -0.25) is 9.59 Å². The molecule has 1 rings (SSSR count). The lowest BCUT2D eigenvalue weighted by Gasteiger charge is -2.11. The summed E-state index contributed by atoms with van der Waals surface area (Å²) in [5, 5.41) is 17.4. The van der Waals surface area contributed by atoms with E-state index in [1.54, 1.807) is 30.3 Å². The molecule has 0 heterocycles. The Morgan fingerprint density at radius 2 is 1.84 bits per heavy atom. The summed E-state index contributed by atoms with van der Waals surface area (Å²) in [6.07, 6.45) is -0.273. The van der Waals surface area contributed by atoms with Crippen molar-refractivity contribution in [1.82, 2.24) is 0 Å². The van der Waals surface area contributed by atoms with Crippen LogP contribution in [0.3, 0.4) is 0 Å². The minimum atomic E-state index is -1.62. The van der Waals surface area contributed by atoms with Crippen molar-refractivity contribution in [3.63, 3.8) is 0 Å². The first-order valence-corrected chi connectivity index (χ1v) is 6.70. The van der Waals surface area contributed by atoms with Gasteiger partial charge in [0.25, 0.3) is 0 Å². The molecule has 1 aromatic rings. The molecule has 0 saturated heterocycles. The number of nitrogens with zero attached hydrogens (tertiary/aromatic N) is 1. The first-order chi connectivity index (χ1) is 9.00. The number of hydrogen-bond acceptors (Lipinski definition) is 5. The predicted octanol–water partition coefficient (Wildman–Crippen LogP) is 1.76. The van der Waals surface area contributed by atoms with E-state index in [2.05, 4.69) is 4.36 Å². The average Bonchev–Trinajstić information content (AvgIpc) is 2.38. The maximum atomic E-state index is 11.7. The van der Waals surface area contributed by atoms with Crippen LogP contribution >= 0.6 is 0 Å². The summed E-state index contributed by atoms with van der Waals surface area (Å²) < 4.78 is 15.5. The molecule has 0 aliphatic heterocycles. The average molecular weight is 284 g/mol. The molecule has 6 nitrogen and oxygen atoms in total. The standard InChI is InChI=1S/C12H14NO5S/c14-11(15)7-6-9(12(16)17)8-13-19(18)10-4-2-1-3-5-10/h1-5,9H,6-8H2,(H,14,15)(H,16,17)/q-1. The van der Waals surface area contributed by atoms with Crippen LogP contribution in [0.2, 0.25) is 0 Å². The van der Waals surface area contributed by atoms with Crippen molar-refractivity contribution in [1.29, 1.82) is 0 Å². The van der Waals surface area contributed by atoms with E-state index in [0.717, 1.165) is 0 Å². The van der Waals surface area contributed by atoms with Gasteiger partial charge in [0, 0.05) is 13.0 Å². The van der Waals surface area contributed by atoms with Crippen molar-refractivity contribution in [2.24, 2.45) is 10.3 Å². The Morgan fingerprint density at radius 1 is 1.21 bits per heavy atom. The molecular weight excluding hydrogens is 270 g/mol. The predicted molar refractivity (Wildman–Crippen MR) is 68.1 cm³/mol. The summed E-state index contributed by atoms with van der Waals surface area (Å²) in [4.78, 5) is 21.8. The Bertz CT molecular complexity index is 522. The van der Waals surface area contributed by atoms with E-state index < -0.39 is 28.5 Å². The third kappa shape index (κ3) is 5.52. The summed E-state index contributed by atoms with van der Waals surface area (Å²) in [5.41, 5.74) is 0. The highest BCUT2D eigenvalue weighted by Gasteiger charge is 2.17. The molecule has 2 N–H and O–H groups in total. The first kappa shape index (κ1) is 15.2. The number of carboxylic acid groups (broad SMARTS) is 2. The fourth-order valence-electron chi connectivity index (χ4n) is 1.36. The molecule has 0 aliphatic rings. The number of hydrogen-bond donors (Lipinski definition) is 2. The van der Waals surface area contributed by atoms with Crippen molar-refractivity contribution >= 4 is 22.5 Å². The lowest BCUT2D eigenvalue weighted by Crippen LogP contribution is -2.18. The van der Waals surface area contributed by atoms with E-state index >= 15 is 0 Å². The second kappa shape index (κ2) is 7.52. The van der Waals surface area contributed by atoms with Gasteiger partial charge < -0.3 is 18.8 Å². The molecule has 0 saturated carbocycles. The van der Waals surface area contributed by atoms with Gasteiger partial charge in [0.1, 0.15) is 0 Å². The van der Waals surface area contributed by atoms with Crippen LogP contribution in [0.4, 0.5) is 0 Å². The van der Waals surface area contributed by atoms with Gasteiger partial charge in [-0.2, -0.15) is 10.6 Å². The molecule has 0 amide bonds. The van der Waals surface area contributed by atoms with E-state index in [0.29, 0.717) is 4.90 Å². The van der Waals surface area contributed by atoms with E-state index in [-0.39, 0.29) is 19.4 Å². The minimum Gasteiger partial charge on any atom is -0.481 e. The minimum absolute atomic E-state index is 0.0276. The van der Waals surface area contributed by atoms with Gasteiger partial charge >= 0.3 is 11.9 Å². The summed E-state index contributed by atoms with van der Waals surface area (Å²) in [7, 11) is -1.62. The summed E-state index contributed by atoms with van der Waals surface area (Å²) in [5.74, 6) is -3.12. The molecule has 0 fully saturated rings. The molecule has 0 bridgehead atoms. The third-order valence-electron chi connectivity index (χ3n) is 2.41. The van der Waals surface area contributed by atoms with Crippen molar-refractivity contribution in [2.45, 2.75) is 17.7 Å². The number of carbonyl (C=O) groups is 2. The lowest BCUT2D eigenvalue weighted by molar-refractivity contribution is -0.142. The van der Waals surface area contributed by atoms with E-state index in [1.165, 1.54) is 0 Å². The molecule has 7 heteroatoms. The molecule has 1 atom stereocenters. The molecule has 0 aromatic heterocycles. The van der Waals surface area contributed by atoms with Crippen LogP contribution in [0.1, 0.15) is 12.8 Å². The van der Waals surface area contributed by atoms with Crippen molar-refractivity contribution < 1.29 is 24.0 Å². The zero-order valence-corrected chi connectivity index (χ0v) is 10.9. The molecule has 0 aliphatic carbocycles. The highest BCUT2D eigenvalue weighted by atomic mass is 32.2. The molecule has 0 radical (unpaired) electrons. The maximum Gasteiger partial charge on any atom is 0.308 e. The van der Waals surface area contributed by atoms with Crippen LogP contribution in [0.15, 0.2) is 39.6 Å². The second-order valence-electron chi connectivity index (χ2n) is 3.84. The zero-order valence-electron chi connectivity index (χ0n) is 10.1. The number of aliphatic carboxylic acids is 2. The van der Waals surface area contributed by atoms with Gasteiger partial charge in [0.05, 0.1) is 5.92 Å². The fraction of sp³-hybridized carbons (Fsp3) is 0.333. The molecule has 104 valence electrons. The summed E-state index contributed by atoms with van der Waals surface area (Å²) >= 11 is 0. The van der Waals surface area contributed by atoms with Gasteiger partial charge in [-0.25, -0.2) is 0 Å². The topological polar surface area (TPSA) is 104 Å². The Balaban J connectivity index is 2.68. The summed E-state index contributed by atoms with van der Waals surface area (Å²) in [6.45, 7) is -0.163. The summed E-state index contributed by atoms with van der Waals surface area (Å²) in [6, 6.07) is 8.45. The van der Waals surface area contributed by atoms with Crippen molar-refractivity contribution in [3.8, 4) is 0 Å². The molecule has 1 aromatic carbocycles. The molecule has 0 spiro atoms. The van der Waals surface area contributed by atoms with Gasteiger partial charge in [0.15, 0.2) is 0 Å². The van der Waals surface area contributed by atoms with Crippen LogP contribution in [-0.4, -0.2) is 28.7 Å². The zero-order chi connectivity index (χ0) is 14.3. The second-order valence-corrected chi connectivity index (χ2v) is 5.07. The largest absolute Gasteiger partial charge is 0.481 e. The first-order valence-electron chi connectivity index (χ1n) is 5.59. The van der Waals surface area contributed by atoms with E-state index in [9.17, 15) is 13.8 Å². The monoisotopic (exact) mass is 284 g/mol. The number of benzene rings is 1. The molecule has 1 unspecified atom stereocenters. The van der Waals surface area contributed by atoms with Crippen LogP contribution in [0.5, 0.6) is 0 Å². The Kier molecular flexibility index (Phi) is 6.01. The molecule has 19 heavy (non-hydrogen) atoms. The van der Waals surface area contributed by atoms with Crippen molar-refractivity contribution in [3.05, 3.63) is 30.3 Å². The Hall–Kier alpha value is -1.89. The van der Waals surface area contributed by atoms with Gasteiger partial charge in [-0.1, -0.05) is 35.2 Å². The SMILES string of the molecule is O=C(O)CCC(CN=[S-](=O)c1ccccc1)C(=O)O. The van der Waals surface area contributed by atoms with Crippen LogP contribution in [-0.2, 0) is 24.4 Å². The van der Waals surface area contributed by atoms with Gasteiger partial charge in [-0.15, -0.1) is 0 Å². The van der Waals surface area contributed by atoms with Crippen LogP contribution in [0.25, 0.3) is 0 Å². The van der Waals surface area contributed by atoms with Crippen molar-refractivity contribution in [2.75, 3.05) is 6.54 Å². The Labute approximate surface area is 112 Å². The van der Waals surface area contributed by atoms with E-state index in [1.807, 2.05) is 0 Å². The highest BCUT2D eigenvalue weighted by molar-refractivity contribution is 7.74. The van der Waals surface area contributed by atoms with Crippen LogP contribution < -0.4 is 0 Å². The Morgan fingerprint density at radius 3 is 2.37 bits per heavy atom. The number of carboxylic acids is 2. The third-order valence-corrected chi connectivity index (χ3v) is 3.47. The van der Waals surface area contributed by atoms with Crippen LogP contribution in [0, 0.1) is 5.92 Å². The fourth-order valence-corrected chi connectivity index (χ4v) is 2.21. The highest BCUT2D eigenvalue weighted by Crippen LogP contribution is 2.09. The van der Waals surface area contributed by atoms with E-state index in [4.69, 9.17) is 10.2 Å². The quantitative estimate of drug-likeness (QED) is 0.742. The maximum absolute atomic E-state index is 11.7.